The highest BCUT2D eigenvalue weighted by molar-refractivity contribution is 5.15. The molecule has 1 aliphatic carbocycles. The number of hydrogen-bond acceptors (Lipinski definition) is 2. The van der Waals surface area contributed by atoms with Crippen LogP contribution in [-0.4, -0.2) is 15.8 Å². The van der Waals surface area contributed by atoms with E-state index in [0.29, 0.717) is 11.5 Å². The average molecular weight is 193 g/mol. The topological polar surface area (TPSA) is 43.8 Å². The van der Waals surface area contributed by atoms with Crippen LogP contribution in [0, 0.1) is 12.3 Å². The molecule has 0 saturated heterocycles. The third-order valence-corrected chi connectivity index (χ3v) is 3.49. The Bertz CT molecular complexity index is 334. The smallest absolute Gasteiger partial charge is 0.0596 e. The second-order valence-corrected chi connectivity index (χ2v) is 4.73. The predicted molar refractivity (Wildman–Crippen MR) is 57.0 cm³/mol. The molecule has 3 nitrogen and oxygen atoms in total. The Balaban J connectivity index is 2.15. The minimum absolute atomic E-state index is 0.303. The number of rotatable bonds is 3. The molecule has 1 aliphatic rings. The lowest BCUT2D eigenvalue weighted by molar-refractivity contribution is 0.407. The minimum atomic E-state index is 0.303. The number of aromatic nitrogens is 2. The first kappa shape index (κ1) is 9.71. The lowest BCUT2D eigenvalue weighted by Gasteiger charge is -2.19. The zero-order valence-electron chi connectivity index (χ0n) is 9.25. The first-order valence-corrected chi connectivity index (χ1v) is 5.29. The van der Waals surface area contributed by atoms with Gasteiger partial charge in [-0.15, -0.1) is 0 Å². The van der Waals surface area contributed by atoms with Crippen molar-refractivity contribution in [3.8, 4) is 0 Å². The molecule has 0 aromatic carbocycles. The molecule has 2 rings (SSSR count). The Kier molecular flexibility index (Phi) is 2.14. The van der Waals surface area contributed by atoms with E-state index in [1.165, 1.54) is 18.5 Å². The molecular weight excluding hydrogens is 174 g/mol. The zero-order chi connectivity index (χ0) is 10.3. The molecule has 1 unspecified atom stereocenters. The highest BCUT2D eigenvalue weighted by atomic mass is 15.3. The molecule has 0 amide bonds. The maximum Gasteiger partial charge on any atom is 0.0596 e. The van der Waals surface area contributed by atoms with E-state index < -0.39 is 0 Å². The fourth-order valence-electron chi connectivity index (χ4n) is 2.14. The minimum Gasteiger partial charge on any atom is -0.327 e. The number of nitrogens with zero attached hydrogens (tertiary/aromatic N) is 2. The number of aryl methyl sites for hydroxylation is 2. The summed E-state index contributed by atoms with van der Waals surface area (Å²) in [5.74, 6) is 0. The van der Waals surface area contributed by atoms with E-state index in [1.807, 2.05) is 18.7 Å². The van der Waals surface area contributed by atoms with Crippen LogP contribution in [0.25, 0.3) is 0 Å². The zero-order valence-corrected chi connectivity index (χ0v) is 9.25. The Morgan fingerprint density at radius 2 is 2.29 bits per heavy atom. The normalized spacial score (nSPS) is 20.9. The predicted octanol–water partition coefficient (Wildman–Crippen LogP) is 1.40. The van der Waals surface area contributed by atoms with Crippen LogP contribution in [0.3, 0.4) is 0 Å². The van der Waals surface area contributed by atoms with Crippen molar-refractivity contribution in [1.29, 1.82) is 0 Å². The van der Waals surface area contributed by atoms with Crippen molar-refractivity contribution in [3.05, 3.63) is 17.5 Å². The monoisotopic (exact) mass is 193 g/mol. The molecular formula is C11H19N3. The van der Waals surface area contributed by atoms with Crippen LogP contribution < -0.4 is 5.73 Å². The van der Waals surface area contributed by atoms with E-state index in [2.05, 4.69) is 18.1 Å². The van der Waals surface area contributed by atoms with Crippen molar-refractivity contribution in [2.45, 2.75) is 39.2 Å². The molecule has 78 valence electrons. The maximum absolute atomic E-state index is 6.01. The van der Waals surface area contributed by atoms with Crippen LogP contribution in [0.1, 0.15) is 31.2 Å². The van der Waals surface area contributed by atoms with Gasteiger partial charge in [-0.25, -0.2) is 0 Å². The van der Waals surface area contributed by atoms with Gasteiger partial charge in [0.2, 0.25) is 0 Å². The lowest BCUT2D eigenvalue weighted by Crippen LogP contribution is -2.30. The first-order valence-electron chi connectivity index (χ1n) is 5.29. The van der Waals surface area contributed by atoms with E-state index in [9.17, 15) is 0 Å². The second-order valence-electron chi connectivity index (χ2n) is 4.73. The highest BCUT2D eigenvalue weighted by Crippen LogP contribution is 2.50. The van der Waals surface area contributed by atoms with Gasteiger partial charge in [0.25, 0.3) is 0 Å². The molecule has 0 spiro atoms. The fourth-order valence-corrected chi connectivity index (χ4v) is 2.14. The highest BCUT2D eigenvalue weighted by Gasteiger charge is 2.46. The van der Waals surface area contributed by atoms with Gasteiger partial charge in [-0.2, -0.15) is 5.10 Å². The maximum atomic E-state index is 6.01. The third kappa shape index (κ3) is 1.57. The van der Waals surface area contributed by atoms with E-state index in [1.54, 1.807) is 0 Å². The summed E-state index contributed by atoms with van der Waals surface area (Å²) in [4.78, 5) is 0. The summed E-state index contributed by atoms with van der Waals surface area (Å²) in [6, 6.07) is 2.47. The van der Waals surface area contributed by atoms with E-state index in [0.717, 1.165) is 12.1 Å². The number of nitrogens with two attached hydrogens (primary N) is 1. The molecule has 14 heavy (non-hydrogen) atoms. The third-order valence-electron chi connectivity index (χ3n) is 3.49. The Morgan fingerprint density at radius 1 is 1.64 bits per heavy atom. The molecule has 1 fully saturated rings. The molecule has 0 aliphatic heterocycles. The Labute approximate surface area is 85.3 Å². The van der Waals surface area contributed by atoms with Gasteiger partial charge in [-0.1, -0.05) is 0 Å². The van der Waals surface area contributed by atoms with E-state index in [-0.39, 0.29) is 0 Å². The van der Waals surface area contributed by atoms with Gasteiger partial charge in [0.1, 0.15) is 0 Å². The summed E-state index contributed by atoms with van der Waals surface area (Å²) in [5.41, 5.74) is 8.80. The van der Waals surface area contributed by atoms with Crippen LogP contribution in [0.15, 0.2) is 6.07 Å². The van der Waals surface area contributed by atoms with Gasteiger partial charge in [0.05, 0.1) is 5.69 Å². The van der Waals surface area contributed by atoms with E-state index >= 15 is 0 Å². The summed E-state index contributed by atoms with van der Waals surface area (Å²) in [5, 5.41) is 4.36. The van der Waals surface area contributed by atoms with Crippen molar-refractivity contribution in [1.82, 2.24) is 9.78 Å². The average Bonchev–Trinajstić information content (AvgIpc) is 2.77. The van der Waals surface area contributed by atoms with E-state index in [4.69, 9.17) is 5.73 Å². The Hall–Kier alpha value is -0.830. The summed E-state index contributed by atoms with van der Waals surface area (Å²) in [7, 11) is 2.01. The molecule has 1 saturated carbocycles. The van der Waals surface area contributed by atoms with Crippen LogP contribution in [0.4, 0.5) is 0 Å². The summed E-state index contributed by atoms with van der Waals surface area (Å²) in [6.07, 6.45) is 3.63. The van der Waals surface area contributed by atoms with Crippen LogP contribution in [0.5, 0.6) is 0 Å². The molecule has 1 atom stereocenters. The lowest BCUT2D eigenvalue weighted by atomic mass is 9.93. The van der Waals surface area contributed by atoms with Gasteiger partial charge in [-0.3, -0.25) is 4.68 Å². The van der Waals surface area contributed by atoms with Crippen LogP contribution in [-0.2, 0) is 13.5 Å². The number of hydrogen-bond donors (Lipinski definition) is 1. The molecule has 1 aromatic heterocycles. The molecule has 2 N–H and O–H groups in total. The first-order chi connectivity index (χ1) is 6.53. The van der Waals surface area contributed by atoms with Gasteiger partial charge >= 0.3 is 0 Å². The SMILES string of the molecule is Cc1cc(CC2(C(C)N)CC2)n(C)n1. The Morgan fingerprint density at radius 3 is 2.64 bits per heavy atom. The van der Waals surface area contributed by atoms with Gasteiger partial charge in [0, 0.05) is 18.8 Å². The second kappa shape index (κ2) is 3.09. The fraction of sp³-hybridized carbons (Fsp3) is 0.727. The molecule has 1 heterocycles. The van der Waals surface area contributed by atoms with Crippen molar-refractivity contribution in [3.63, 3.8) is 0 Å². The summed E-state index contributed by atoms with van der Waals surface area (Å²) >= 11 is 0. The van der Waals surface area contributed by atoms with Gasteiger partial charge < -0.3 is 5.73 Å². The van der Waals surface area contributed by atoms with Gasteiger partial charge in [-0.05, 0) is 44.6 Å². The van der Waals surface area contributed by atoms with Crippen molar-refractivity contribution >= 4 is 0 Å². The quantitative estimate of drug-likeness (QED) is 0.788. The van der Waals surface area contributed by atoms with Crippen LogP contribution in [0.2, 0.25) is 0 Å². The van der Waals surface area contributed by atoms with Gasteiger partial charge in [0.15, 0.2) is 0 Å². The molecule has 1 aromatic rings. The standard InChI is InChI=1S/C11H19N3/c1-8-6-10(14(3)13-8)7-11(4-5-11)9(2)12/h6,9H,4-5,7,12H2,1-3H3. The largest absolute Gasteiger partial charge is 0.327 e. The molecule has 0 bridgehead atoms. The van der Waals surface area contributed by atoms with Crippen molar-refractivity contribution in [2.75, 3.05) is 0 Å². The van der Waals surface area contributed by atoms with Crippen LogP contribution >= 0.6 is 0 Å². The van der Waals surface area contributed by atoms with Crippen molar-refractivity contribution in [2.24, 2.45) is 18.2 Å². The van der Waals surface area contributed by atoms with Crippen molar-refractivity contribution < 1.29 is 0 Å². The summed E-state index contributed by atoms with van der Waals surface area (Å²) < 4.78 is 1.98. The molecule has 3 heteroatoms. The molecule has 0 radical (unpaired) electrons. The summed E-state index contributed by atoms with van der Waals surface area (Å²) in [6.45, 7) is 4.16.